The molecule has 3 aromatic rings. The maximum absolute atomic E-state index is 12.9. The predicted molar refractivity (Wildman–Crippen MR) is 87.0 cm³/mol. The van der Waals surface area contributed by atoms with Crippen LogP contribution in [0.3, 0.4) is 0 Å². The second-order valence-electron chi connectivity index (χ2n) is 6.22. The molecule has 1 amide bonds. The van der Waals surface area contributed by atoms with Crippen LogP contribution in [-0.4, -0.2) is 45.2 Å². The van der Waals surface area contributed by atoms with E-state index in [4.69, 9.17) is 13.6 Å². The molecule has 8 heteroatoms. The summed E-state index contributed by atoms with van der Waals surface area (Å²) in [6, 6.07) is 5.27. The SMILES string of the molecule is Cc1nnc([C@H]2CN(C(=O)c3ccc4oc(C)nc4c3)C[C@@H](C)O2)o1. The number of benzene rings is 1. The summed E-state index contributed by atoms with van der Waals surface area (Å²) in [7, 11) is 0. The summed E-state index contributed by atoms with van der Waals surface area (Å²) in [5.74, 6) is 1.36. The number of rotatable bonds is 2. The Morgan fingerprint density at radius 1 is 1.16 bits per heavy atom. The summed E-state index contributed by atoms with van der Waals surface area (Å²) in [5.41, 5.74) is 1.91. The van der Waals surface area contributed by atoms with Crippen molar-refractivity contribution in [3.8, 4) is 0 Å². The minimum Gasteiger partial charge on any atom is -0.441 e. The summed E-state index contributed by atoms with van der Waals surface area (Å²) >= 11 is 0. The van der Waals surface area contributed by atoms with Crippen LogP contribution in [0, 0.1) is 13.8 Å². The van der Waals surface area contributed by atoms with Gasteiger partial charge in [0.2, 0.25) is 11.8 Å². The van der Waals surface area contributed by atoms with Gasteiger partial charge >= 0.3 is 0 Å². The van der Waals surface area contributed by atoms with E-state index in [1.54, 1.807) is 36.9 Å². The van der Waals surface area contributed by atoms with Crippen molar-refractivity contribution in [1.82, 2.24) is 20.1 Å². The summed E-state index contributed by atoms with van der Waals surface area (Å²) in [5, 5.41) is 7.84. The molecular formula is C17H18N4O4. The number of nitrogens with zero attached hydrogens (tertiary/aromatic N) is 4. The number of morpholine rings is 1. The zero-order chi connectivity index (χ0) is 17.6. The number of carbonyl (C=O) groups excluding carboxylic acids is 1. The number of aromatic nitrogens is 3. The highest BCUT2D eigenvalue weighted by Gasteiger charge is 2.33. The fourth-order valence-electron chi connectivity index (χ4n) is 3.05. The van der Waals surface area contributed by atoms with Gasteiger partial charge in [0.05, 0.1) is 12.6 Å². The summed E-state index contributed by atoms with van der Waals surface area (Å²) in [4.78, 5) is 19.0. The molecule has 1 fully saturated rings. The van der Waals surface area contributed by atoms with Crippen LogP contribution in [0.5, 0.6) is 0 Å². The number of aryl methyl sites for hydroxylation is 2. The first-order valence-corrected chi connectivity index (χ1v) is 8.11. The fraction of sp³-hybridized carbons (Fsp3) is 0.412. The Bertz CT molecular complexity index is 932. The van der Waals surface area contributed by atoms with Gasteiger partial charge in [0.25, 0.3) is 5.91 Å². The molecule has 2 aromatic heterocycles. The Kier molecular flexibility index (Phi) is 3.76. The molecule has 2 atom stereocenters. The maximum atomic E-state index is 12.9. The van der Waals surface area contributed by atoms with Crippen molar-refractivity contribution < 1.29 is 18.4 Å². The lowest BCUT2D eigenvalue weighted by molar-refractivity contribution is -0.0796. The summed E-state index contributed by atoms with van der Waals surface area (Å²) in [6.07, 6.45) is -0.556. The lowest BCUT2D eigenvalue weighted by Gasteiger charge is -2.35. The van der Waals surface area contributed by atoms with Crippen molar-refractivity contribution in [1.29, 1.82) is 0 Å². The molecule has 0 spiro atoms. The van der Waals surface area contributed by atoms with Gasteiger partial charge in [0, 0.05) is 26.0 Å². The van der Waals surface area contributed by atoms with Gasteiger partial charge in [-0.15, -0.1) is 10.2 Å². The van der Waals surface area contributed by atoms with Gasteiger partial charge < -0.3 is 18.5 Å². The standard InChI is InChI=1S/C17H18N4O4/c1-9-7-21(8-15(23-9)16-20-19-11(3)25-16)17(22)12-4-5-14-13(6-12)18-10(2)24-14/h4-6,9,15H,7-8H2,1-3H3/t9-,15-/m1/s1. The highest BCUT2D eigenvalue weighted by molar-refractivity contribution is 5.97. The van der Waals surface area contributed by atoms with Gasteiger partial charge in [-0.3, -0.25) is 4.79 Å². The zero-order valence-corrected chi connectivity index (χ0v) is 14.2. The molecule has 130 valence electrons. The smallest absolute Gasteiger partial charge is 0.254 e. The molecule has 0 N–H and O–H groups in total. The van der Waals surface area contributed by atoms with Crippen molar-refractivity contribution in [2.75, 3.05) is 13.1 Å². The molecule has 4 rings (SSSR count). The van der Waals surface area contributed by atoms with E-state index < -0.39 is 6.10 Å². The van der Waals surface area contributed by atoms with Crippen LogP contribution in [0.25, 0.3) is 11.1 Å². The van der Waals surface area contributed by atoms with E-state index in [1.807, 2.05) is 6.92 Å². The van der Waals surface area contributed by atoms with E-state index in [-0.39, 0.29) is 12.0 Å². The van der Waals surface area contributed by atoms with Gasteiger partial charge in [-0.25, -0.2) is 4.98 Å². The van der Waals surface area contributed by atoms with Gasteiger partial charge in [-0.2, -0.15) is 0 Å². The van der Waals surface area contributed by atoms with Crippen LogP contribution < -0.4 is 0 Å². The van der Waals surface area contributed by atoms with Gasteiger partial charge in [-0.05, 0) is 25.1 Å². The molecule has 0 aliphatic carbocycles. The number of amides is 1. The maximum Gasteiger partial charge on any atom is 0.254 e. The largest absolute Gasteiger partial charge is 0.441 e. The average Bonchev–Trinajstić information content (AvgIpc) is 3.17. The van der Waals surface area contributed by atoms with Crippen molar-refractivity contribution in [2.24, 2.45) is 0 Å². The first kappa shape index (κ1) is 15.8. The highest BCUT2D eigenvalue weighted by Crippen LogP contribution is 2.26. The molecule has 8 nitrogen and oxygen atoms in total. The Balaban J connectivity index is 1.59. The first-order chi connectivity index (χ1) is 12.0. The van der Waals surface area contributed by atoms with E-state index >= 15 is 0 Å². The van der Waals surface area contributed by atoms with E-state index in [2.05, 4.69) is 15.2 Å². The molecule has 1 aliphatic rings. The van der Waals surface area contributed by atoms with E-state index in [9.17, 15) is 4.79 Å². The third-order valence-electron chi connectivity index (χ3n) is 4.11. The van der Waals surface area contributed by atoms with Crippen molar-refractivity contribution in [3.63, 3.8) is 0 Å². The monoisotopic (exact) mass is 342 g/mol. The molecule has 1 saturated heterocycles. The third-order valence-corrected chi connectivity index (χ3v) is 4.11. The second-order valence-corrected chi connectivity index (χ2v) is 6.22. The van der Waals surface area contributed by atoms with Crippen molar-refractivity contribution in [3.05, 3.63) is 41.4 Å². The number of hydrogen-bond acceptors (Lipinski definition) is 7. The lowest BCUT2D eigenvalue weighted by atomic mass is 10.1. The molecule has 0 unspecified atom stereocenters. The van der Waals surface area contributed by atoms with Crippen LogP contribution in [0.15, 0.2) is 27.0 Å². The van der Waals surface area contributed by atoms with Crippen LogP contribution >= 0.6 is 0 Å². The number of hydrogen-bond donors (Lipinski definition) is 0. The molecule has 25 heavy (non-hydrogen) atoms. The Morgan fingerprint density at radius 2 is 2.00 bits per heavy atom. The topological polar surface area (TPSA) is 94.5 Å². The quantitative estimate of drug-likeness (QED) is 0.706. The first-order valence-electron chi connectivity index (χ1n) is 8.11. The molecule has 0 saturated carbocycles. The number of carbonyl (C=O) groups is 1. The number of oxazole rings is 1. The molecule has 0 bridgehead atoms. The number of ether oxygens (including phenoxy) is 1. The Hall–Kier alpha value is -2.74. The predicted octanol–water partition coefficient (Wildman–Crippen LogP) is 2.43. The molecule has 0 radical (unpaired) electrons. The van der Waals surface area contributed by atoms with Gasteiger partial charge in [-0.1, -0.05) is 0 Å². The molecular weight excluding hydrogens is 324 g/mol. The summed E-state index contributed by atoms with van der Waals surface area (Å²) in [6.45, 7) is 6.28. The molecule has 1 aromatic carbocycles. The number of fused-ring (bicyclic) bond motifs is 1. The highest BCUT2D eigenvalue weighted by atomic mass is 16.5. The van der Waals surface area contributed by atoms with E-state index in [1.165, 1.54) is 0 Å². The van der Waals surface area contributed by atoms with Crippen LogP contribution in [0.4, 0.5) is 0 Å². The second kappa shape index (κ2) is 5.96. The average molecular weight is 342 g/mol. The molecule has 1 aliphatic heterocycles. The summed E-state index contributed by atoms with van der Waals surface area (Å²) < 4.78 is 16.8. The normalized spacial score (nSPS) is 21.0. The van der Waals surface area contributed by atoms with E-state index in [0.29, 0.717) is 47.4 Å². The minimum atomic E-state index is -0.424. The van der Waals surface area contributed by atoms with E-state index in [0.717, 1.165) is 0 Å². The Morgan fingerprint density at radius 3 is 2.76 bits per heavy atom. The van der Waals surface area contributed by atoms with Gasteiger partial charge in [0.1, 0.15) is 5.52 Å². The lowest BCUT2D eigenvalue weighted by Crippen LogP contribution is -2.46. The fourth-order valence-corrected chi connectivity index (χ4v) is 3.05. The van der Waals surface area contributed by atoms with Crippen molar-refractivity contribution >= 4 is 17.0 Å². The van der Waals surface area contributed by atoms with Crippen LogP contribution in [0.1, 0.15) is 41.1 Å². The van der Waals surface area contributed by atoms with Crippen molar-refractivity contribution in [2.45, 2.75) is 33.0 Å². The van der Waals surface area contributed by atoms with Crippen LogP contribution in [-0.2, 0) is 4.74 Å². The minimum absolute atomic E-state index is 0.0843. The van der Waals surface area contributed by atoms with Gasteiger partial charge in [0.15, 0.2) is 17.6 Å². The zero-order valence-electron chi connectivity index (χ0n) is 14.2. The molecule has 3 heterocycles. The van der Waals surface area contributed by atoms with Crippen LogP contribution in [0.2, 0.25) is 0 Å². The third kappa shape index (κ3) is 3.00. The Labute approximate surface area is 143 Å².